The van der Waals surface area contributed by atoms with Crippen LogP contribution in [0.3, 0.4) is 0 Å². The van der Waals surface area contributed by atoms with E-state index in [9.17, 15) is 4.79 Å². The van der Waals surface area contributed by atoms with Gasteiger partial charge in [-0.05, 0) is 54.8 Å². The van der Waals surface area contributed by atoms with Crippen LogP contribution in [0.2, 0.25) is 5.02 Å². The molecular weight excluding hydrogens is 284 g/mol. The molecule has 0 radical (unpaired) electrons. The van der Waals surface area contributed by atoms with Gasteiger partial charge in [0.15, 0.2) is 0 Å². The Kier molecular flexibility index (Phi) is 5.37. The Morgan fingerprint density at radius 3 is 2.43 bits per heavy atom. The van der Waals surface area contributed by atoms with E-state index in [1.807, 2.05) is 49.4 Å². The lowest BCUT2D eigenvalue weighted by Crippen LogP contribution is -2.27. The Labute approximate surface area is 130 Å². The number of rotatable bonds is 5. The van der Waals surface area contributed by atoms with Crippen molar-refractivity contribution in [3.8, 4) is 0 Å². The van der Waals surface area contributed by atoms with Crippen LogP contribution in [-0.4, -0.2) is 12.5 Å². The summed E-state index contributed by atoms with van der Waals surface area (Å²) >= 11 is 5.83. The Bertz CT molecular complexity index is 623. The summed E-state index contributed by atoms with van der Waals surface area (Å²) in [5.74, 6) is -0.0489. The monoisotopic (exact) mass is 302 g/mol. The molecule has 1 amide bonds. The molecule has 0 aliphatic rings. The Morgan fingerprint density at radius 1 is 1.05 bits per heavy atom. The highest BCUT2D eigenvalue weighted by atomic mass is 35.5. The fourth-order valence-electron chi connectivity index (χ4n) is 1.95. The quantitative estimate of drug-likeness (QED) is 0.884. The molecule has 0 spiro atoms. The topological polar surface area (TPSA) is 41.1 Å². The standard InChI is InChI=1S/C17H19ClN2O/c1-12-3-8-16(9-13(12)2)20-17(21)11-19-10-14-4-6-15(18)7-5-14/h3-9,19H,10-11H2,1-2H3,(H,20,21). The van der Waals surface area contributed by atoms with Crippen LogP contribution in [0.4, 0.5) is 5.69 Å². The molecule has 0 aliphatic carbocycles. The lowest BCUT2D eigenvalue weighted by molar-refractivity contribution is -0.115. The molecule has 0 unspecified atom stereocenters. The summed E-state index contributed by atoms with van der Waals surface area (Å²) in [5.41, 5.74) is 4.31. The molecule has 0 heterocycles. The molecule has 0 fully saturated rings. The molecule has 21 heavy (non-hydrogen) atoms. The zero-order valence-corrected chi connectivity index (χ0v) is 13.0. The van der Waals surface area contributed by atoms with Crippen molar-refractivity contribution < 1.29 is 4.79 Å². The number of nitrogens with one attached hydrogen (secondary N) is 2. The van der Waals surface area contributed by atoms with Gasteiger partial charge in [-0.2, -0.15) is 0 Å². The minimum absolute atomic E-state index is 0.0489. The van der Waals surface area contributed by atoms with E-state index in [1.165, 1.54) is 11.1 Å². The van der Waals surface area contributed by atoms with Crippen molar-refractivity contribution in [2.24, 2.45) is 0 Å². The third kappa shape index (κ3) is 4.88. The number of carbonyl (C=O) groups is 1. The summed E-state index contributed by atoms with van der Waals surface area (Å²) in [7, 11) is 0. The largest absolute Gasteiger partial charge is 0.325 e. The van der Waals surface area contributed by atoms with Gasteiger partial charge in [-0.1, -0.05) is 29.8 Å². The van der Waals surface area contributed by atoms with Gasteiger partial charge in [0.1, 0.15) is 0 Å². The summed E-state index contributed by atoms with van der Waals surface area (Å²) < 4.78 is 0. The molecular formula is C17H19ClN2O. The van der Waals surface area contributed by atoms with Crippen molar-refractivity contribution >= 4 is 23.2 Å². The summed E-state index contributed by atoms with van der Waals surface area (Å²) in [6.07, 6.45) is 0. The van der Waals surface area contributed by atoms with Crippen LogP contribution in [0.15, 0.2) is 42.5 Å². The molecule has 0 bridgehead atoms. The van der Waals surface area contributed by atoms with Crippen molar-refractivity contribution in [3.05, 3.63) is 64.2 Å². The molecule has 2 N–H and O–H groups in total. The number of amides is 1. The van der Waals surface area contributed by atoms with Crippen molar-refractivity contribution in [2.75, 3.05) is 11.9 Å². The van der Waals surface area contributed by atoms with E-state index in [1.54, 1.807) is 0 Å². The third-order valence-electron chi connectivity index (χ3n) is 3.32. The molecule has 0 aliphatic heterocycles. The van der Waals surface area contributed by atoms with Crippen molar-refractivity contribution in [1.82, 2.24) is 5.32 Å². The predicted molar refractivity (Wildman–Crippen MR) is 87.7 cm³/mol. The second-order valence-electron chi connectivity index (χ2n) is 5.08. The second kappa shape index (κ2) is 7.25. The molecule has 110 valence electrons. The van der Waals surface area contributed by atoms with Crippen LogP contribution in [0.5, 0.6) is 0 Å². The van der Waals surface area contributed by atoms with Crippen LogP contribution < -0.4 is 10.6 Å². The number of hydrogen-bond donors (Lipinski definition) is 2. The highest BCUT2D eigenvalue weighted by molar-refractivity contribution is 6.30. The highest BCUT2D eigenvalue weighted by Gasteiger charge is 2.03. The molecule has 4 heteroatoms. The van der Waals surface area contributed by atoms with E-state index in [-0.39, 0.29) is 12.5 Å². The minimum atomic E-state index is -0.0489. The zero-order valence-electron chi connectivity index (χ0n) is 12.2. The van der Waals surface area contributed by atoms with Gasteiger partial charge >= 0.3 is 0 Å². The van der Waals surface area contributed by atoms with E-state index >= 15 is 0 Å². The highest BCUT2D eigenvalue weighted by Crippen LogP contribution is 2.14. The van der Waals surface area contributed by atoms with Crippen molar-refractivity contribution in [3.63, 3.8) is 0 Å². The van der Waals surface area contributed by atoms with Gasteiger partial charge in [-0.25, -0.2) is 0 Å². The maximum atomic E-state index is 11.9. The van der Waals surface area contributed by atoms with Crippen LogP contribution in [0.1, 0.15) is 16.7 Å². The molecule has 0 aromatic heterocycles. The van der Waals surface area contributed by atoms with Crippen LogP contribution >= 0.6 is 11.6 Å². The molecule has 2 rings (SSSR count). The zero-order chi connectivity index (χ0) is 15.2. The number of anilines is 1. The van der Waals surface area contributed by atoms with Crippen LogP contribution in [-0.2, 0) is 11.3 Å². The average Bonchev–Trinajstić information content (AvgIpc) is 2.45. The number of carbonyl (C=O) groups excluding carboxylic acids is 1. The van der Waals surface area contributed by atoms with Gasteiger partial charge < -0.3 is 10.6 Å². The minimum Gasteiger partial charge on any atom is -0.325 e. The van der Waals surface area contributed by atoms with Gasteiger partial charge in [-0.3, -0.25) is 4.79 Å². The van der Waals surface area contributed by atoms with Gasteiger partial charge in [0.05, 0.1) is 6.54 Å². The fourth-order valence-corrected chi connectivity index (χ4v) is 2.07. The Morgan fingerprint density at radius 2 is 1.76 bits per heavy atom. The third-order valence-corrected chi connectivity index (χ3v) is 3.57. The first-order valence-electron chi connectivity index (χ1n) is 6.87. The molecule has 3 nitrogen and oxygen atoms in total. The molecule has 0 atom stereocenters. The van der Waals surface area contributed by atoms with Gasteiger partial charge in [0.25, 0.3) is 0 Å². The van der Waals surface area contributed by atoms with Crippen LogP contribution in [0.25, 0.3) is 0 Å². The number of benzene rings is 2. The summed E-state index contributed by atoms with van der Waals surface area (Å²) in [6, 6.07) is 13.5. The number of aryl methyl sites for hydroxylation is 2. The van der Waals surface area contributed by atoms with E-state index in [0.29, 0.717) is 11.6 Å². The predicted octanol–water partition coefficient (Wildman–Crippen LogP) is 3.69. The summed E-state index contributed by atoms with van der Waals surface area (Å²) in [4.78, 5) is 11.9. The van der Waals surface area contributed by atoms with Crippen molar-refractivity contribution in [2.45, 2.75) is 20.4 Å². The SMILES string of the molecule is Cc1ccc(NC(=O)CNCc2ccc(Cl)cc2)cc1C. The maximum absolute atomic E-state index is 11.9. The lowest BCUT2D eigenvalue weighted by atomic mass is 10.1. The first-order valence-corrected chi connectivity index (χ1v) is 7.24. The maximum Gasteiger partial charge on any atom is 0.238 e. The Hall–Kier alpha value is -1.84. The second-order valence-corrected chi connectivity index (χ2v) is 5.51. The summed E-state index contributed by atoms with van der Waals surface area (Å²) in [5, 5.41) is 6.71. The lowest BCUT2D eigenvalue weighted by Gasteiger charge is -2.09. The van der Waals surface area contributed by atoms with E-state index < -0.39 is 0 Å². The van der Waals surface area contributed by atoms with E-state index in [0.717, 1.165) is 11.3 Å². The molecule has 0 saturated carbocycles. The average molecular weight is 303 g/mol. The number of halogens is 1. The first kappa shape index (κ1) is 15.5. The molecule has 2 aromatic rings. The van der Waals surface area contributed by atoms with E-state index in [4.69, 9.17) is 11.6 Å². The first-order chi connectivity index (χ1) is 10.0. The molecule has 2 aromatic carbocycles. The molecule has 0 saturated heterocycles. The van der Waals surface area contributed by atoms with Crippen LogP contribution in [0, 0.1) is 13.8 Å². The Balaban J connectivity index is 1.79. The summed E-state index contributed by atoms with van der Waals surface area (Å²) in [6.45, 7) is 4.99. The van der Waals surface area contributed by atoms with Gasteiger partial charge in [-0.15, -0.1) is 0 Å². The van der Waals surface area contributed by atoms with Crippen molar-refractivity contribution in [1.29, 1.82) is 0 Å². The number of hydrogen-bond acceptors (Lipinski definition) is 2. The van der Waals surface area contributed by atoms with Gasteiger partial charge in [0.2, 0.25) is 5.91 Å². The van der Waals surface area contributed by atoms with E-state index in [2.05, 4.69) is 17.6 Å². The fraction of sp³-hybridized carbons (Fsp3) is 0.235. The normalized spacial score (nSPS) is 10.4. The smallest absolute Gasteiger partial charge is 0.238 e. The van der Waals surface area contributed by atoms with Gasteiger partial charge in [0, 0.05) is 17.3 Å².